The zero-order valence-corrected chi connectivity index (χ0v) is 19.5. The molecule has 2 atom stereocenters. The molecule has 0 N–H and O–H groups in total. The third kappa shape index (κ3) is 10.3. The van der Waals surface area contributed by atoms with Gasteiger partial charge >= 0.3 is 11.9 Å². The van der Waals surface area contributed by atoms with Crippen molar-refractivity contribution in [3.63, 3.8) is 0 Å². The summed E-state index contributed by atoms with van der Waals surface area (Å²) in [4.78, 5) is 25.7. The largest absolute Gasteiger partial charge is 0.465 e. The first-order valence-corrected chi connectivity index (χ1v) is 11.9. The topological polar surface area (TPSA) is 52.6 Å². The van der Waals surface area contributed by atoms with Crippen LogP contribution in [0, 0.1) is 17.8 Å². The van der Waals surface area contributed by atoms with Gasteiger partial charge in [-0.05, 0) is 36.7 Å². The molecule has 0 aliphatic carbocycles. The number of carbonyl (C=O) groups excluding carboxylic acids is 2. The molecule has 0 saturated carbocycles. The van der Waals surface area contributed by atoms with E-state index in [-0.39, 0.29) is 0 Å². The zero-order chi connectivity index (χ0) is 22.2. The van der Waals surface area contributed by atoms with Gasteiger partial charge in [-0.1, -0.05) is 96.6 Å². The first kappa shape index (κ1) is 26.2. The molecule has 0 saturated heterocycles. The quantitative estimate of drug-likeness (QED) is 0.231. The van der Waals surface area contributed by atoms with E-state index in [2.05, 4.69) is 27.7 Å². The van der Waals surface area contributed by atoms with Crippen molar-refractivity contribution in [2.75, 3.05) is 13.2 Å². The molecule has 4 nitrogen and oxygen atoms in total. The van der Waals surface area contributed by atoms with Crippen LogP contribution in [0.4, 0.5) is 0 Å². The maximum absolute atomic E-state index is 12.8. The highest BCUT2D eigenvalue weighted by Crippen LogP contribution is 2.18. The Morgan fingerprint density at radius 3 is 1.63 bits per heavy atom. The predicted octanol–water partition coefficient (Wildman–Crippen LogP) is 6.36. The van der Waals surface area contributed by atoms with Crippen LogP contribution in [0.3, 0.4) is 0 Å². The van der Waals surface area contributed by atoms with Crippen LogP contribution < -0.4 is 0 Å². The van der Waals surface area contributed by atoms with Crippen LogP contribution in [0.15, 0.2) is 30.3 Å². The molecule has 4 heteroatoms. The van der Waals surface area contributed by atoms with Crippen LogP contribution in [0.2, 0.25) is 0 Å². The molecule has 2 unspecified atom stereocenters. The van der Waals surface area contributed by atoms with E-state index in [1.54, 1.807) is 0 Å². The lowest BCUT2D eigenvalue weighted by Gasteiger charge is -2.20. The smallest absolute Gasteiger partial charge is 0.320 e. The molecule has 0 radical (unpaired) electrons. The second-order valence-electron chi connectivity index (χ2n) is 8.34. The number of carbonyl (C=O) groups is 2. The third-order valence-electron chi connectivity index (χ3n) is 5.86. The third-order valence-corrected chi connectivity index (χ3v) is 5.86. The van der Waals surface area contributed by atoms with Crippen LogP contribution in [0.1, 0.15) is 84.6 Å². The van der Waals surface area contributed by atoms with Gasteiger partial charge in [-0.2, -0.15) is 0 Å². The van der Waals surface area contributed by atoms with E-state index in [0.717, 1.165) is 56.9 Å². The zero-order valence-electron chi connectivity index (χ0n) is 19.5. The van der Waals surface area contributed by atoms with E-state index in [1.807, 2.05) is 30.3 Å². The van der Waals surface area contributed by atoms with E-state index in [0.29, 0.717) is 31.5 Å². The first-order chi connectivity index (χ1) is 14.5. The fraction of sp³-hybridized carbons (Fsp3) is 0.692. The van der Waals surface area contributed by atoms with Gasteiger partial charge in [0, 0.05) is 0 Å². The minimum absolute atomic E-state index is 0.315. The van der Waals surface area contributed by atoms with Crippen LogP contribution >= 0.6 is 0 Å². The lowest BCUT2D eigenvalue weighted by Crippen LogP contribution is -2.32. The highest BCUT2D eigenvalue weighted by atomic mass is 16.6. The van der Waals surface area contributed by atoms with E-state index in [1.165, 1.54) is 0 Å². The van der Waals surface area contributed by atoms with E-state index < -0.39 is 17.9 Å². The number of hydrogen-bond donors (Lipinski definition) is 0. The molecule has 0 spiro atoms. The Morgan fingerprint density at radius 2 is 1.23 bits per heavy atom. The van der Waals surface area contributed by atoms with Crippen molar-refractivity contribution in [1.82, 2.24) is 0 Å². The van der Waals surface area contributed by atoms with Gasteiger partial charge in [0.25, 0.3) is 0 Å². The van der Waals surface area contributed by atoms with Crippen molar-refractivity contribution in [2.24, 2.45) is 17.8 Å². The first-order valence-electron chi connectivity index (χ1n) is 11.9. The molecule has 0 heterocycles. The van der Waals surface area contributed by atoms with E-state index in [4.69, 9.17) is 9.47 Å². The summed E-state index contributed by atoms with van der Waals surface area (Å²) in [6.07, 6.45) is 8.86. The fourth-order valence-corrected chi connectivity index (χ4v) is 3.51. The van der Waals surface area contributed by atoms with Crippen LogP contribution in [-0.2, 0) is 25.5 Å². The monoisotopic (exact) mass is 418 g/mol. The number of hydrogen-bond acceptors (Lipinski definition) is 4. The highest BCUT2D eigenvalue weighted by molar-refractivity contribution is 5.95. The SMILES string of the molecule is CCCCC(CC)COC(=O)C(Cc1ccccc1)C(=O)OCC(CC)CCCC. The van der Waals surface area contributed by atoms with Crippen molar-refractivity contribution in [3.8, 4) is 0 Å². The lowest BCUT2D eigenvalue weighted by molar-refractivity contribution is -0.163. The number of benzene rings is 1. The van der Waals surface area contributed by atoms with Gasteiger partial charge in [-0.15, -0.1) is 0 Å². The molecule has 1 aromatic rings. The van der Waals surface area contributed by atoms with E-state index in [9.17, 15) is 9.59 Å². The summed E-state index contributed by atoms with van der Waals surface area (Å²) in [6, 6.07) is 9.62. The number of ether oxygens (including phenoxy) is 2. The van der Waals surface area contributed by atoms with Gasteiger partial charge in [0.2, 0.25) is 0 Å². The van der Waals surface area contributed by atoms with E-state index >= 15 is 0 Å². The molecule has 0 aliphatic heterocycles. The Hall–Kier alpha value is -1.84. The normalized spacial score (nSPS) is 14.0. The lowest BCUT2D eigenvalue weighted by atomic mass is 9.98. The molecule has 170 valence electrons. The summed E-state index contributed by atoms with van der Waals surface area (Å²) in [5.74, 6) is -1.12. The van der Waals surface area contributed by atoms with Gasteiger partial charge in [-0.3, -0.25) is 9.59 Å². The van der Waals surface area contributed by atoms with Gasteiger partial charge in [0.1, 0.15) is 0 Å². The van der Waals surface area contributed by atoms with Gasteiger partial charge in [0.15, 0.2) is 5.92 Å². The Morgan fingerprint density at radius 1 is 0.767 bits per heavy atom. The summed E-state index contributed by atoms with van der Waals surface area (Å²) in [7, 11) is 0. The molecule has 30 heavy (non-hydrogen) atoms. The minimum atomic E-state index is -0.903. The minimum Gasteiger partial charge on any atom is -0.465 e. The van der Waals surface area contributed by atoms with Gasteiger partial charge in [-0.25, -0.2) is 0 Å². The molecule has 0 aliphatic rings. The van der Waals surface area contributed by atoms with Gasteiger partial charge in [0.05, 0.1) is 13.2 Å². The molecule has 0 bridgehead atoms. The predicted molar refractivity (Wildman–Crippen MR) is 122 cm³/mol. The average Bonchev–Trinajstić information content (AvgIpc) is 2.78. The number of rotatable bonds is 16. The summed E-state index contributed by atoms with van der Waals surface area (Å²) in [5, 5.41) is 0. The molecule has 1 aromatic carbocycles. The average molecular weight is 419 g/mol. The Balaban J connectivity index is 2.75. The number of esters is 2. The molecular formula is C26H42O4. The Kier molecular flexibility index (Phi) is 13.9. The molecule has 0 fully saturated rings. The summed E-state index contributed by atoms with van der Waals surface area (Å²) in [6.45, 7) is 9.31. The Bertz CT molecular complexity index is 552. The highest BCUT2D eigenvalue weighted by Gasteiger charge is 2.31. The molecule has 1 rings (SSSR count). The second-order valence-corrected chi connectivity index (χ2v) is 8.34. The van der Waals surface area contributed by atoms with Crippen molar-refractivity contribution < 1.29 is 19.1 Å². The van der Waals surface area contributed by atoms with Crippen molar-refractivity contribution >= 4 is 11.9 Å². The van der Waals surface area contributed by atoms with Crippen molar-refractivity contribution in [3.05, 3.63) is 35.9 Å². The summed E-state index contributed by atoms with van der Waals surface area (Å²) >= 11 is 0. The maximum Gasteiger partial charge on any atom is 0.320 e. The standard InChI is InChI=1S/C26H42O4/c1-5-9-14-21(7-3)19-29-25(27)24(18-23-16-12-11-13-17-23)26(28)30-20-22(8-4)15-10-6-2/h11-13,16-17,21-22,24H,5-10,14-15,18-20H2,1-4H3. The fourth-order valence-electron chi connectivity index (χ4n) is 3.51. The van der Waals surface area contributed by atoms with Crippen molar-refractivity contribution in [2.45, 2.75) is 85.5 Å². The molecule has 0 amide bonds. The van der Waals surface area contributed by atoms with Crippen LogP contribution in [-0.4, -0.2) is 25.2 Å². The van der Waals surface area contributed by atoms with Crippen LogP contribution in [0.25, 0.3) is 0 Å². The molecular weight excluding hydrogens is 376 g/mol. The maximum atomic E-state index is 12.8. The number of unbranched alkanes of at least 4 members (excludes halogenated alkanes) is 2. The second kappa shape index (κ2) is 15.9. The summed E-state index contributed by atoms with van der Waals surface area (Å²) in [5.41, 5.74) is 0.937. The van der Waals surface area contributed by atoms with Gasteiger partial charge < -0.3 is 9.47 Å². The molecule has 0 aromatic heterocycles. The summed E-state index contributed by atoms with van der Waals surface area (Å²) < 4.78 is 11.2. The Labute approximate surface area is 183 Å². The van der Waals surface area contributed by atoms with Crippen LogP contribution in [0.5, 0.6) is 0 Å². The van der Waals surface area contributed by atoms with Crippen molar-refractivity contribution in [1.29, 1.82) is 0 Å².